The summed E-state index contributed by atoms with van der Waals surface area (Å²) in [5.41, 5.74) is 1.54. The lowest BCUT2D eigenvalue weighted by Gasteiger charge is -2.18. The molecule has 154 valence electrons. The normalized spacial score (nSPS) is 12.4. The summed E-state index contributed by atoms with van der Waals surface area (Å²) in [7, 11) is 0. The van der Waals surface area contributed by atoms with Crippen LogP contribution in [0.1, 0.15) is 63.5 Å². The van der Waals surface area contributed by atoms with Crippen LogP contribution in [0.25, 0.3) is 0 Å². The van der Waals surface area contributed by atoms with Gasteiger partial charge in [-0.1, -0.05) is 49.3 Å². The number of amides is 1. The molecule has 0 aliphatic carbocycles. The van der Waals surface area contributed by atoms with Gasteiger partial charge in [0, 0.05) is 19.3 Å². The van der Waals surface area contributed by atoms with Gasteiger partial charge in [0.2, 0.25) is 6.29 Å². The van der Waals surface area contributed by atoms with Crippen LogP contribution in [-0.2, 0) is 20.8 Å². The number of nitrogens with one attached hydrogen (secondary N) is 1. The molecule has 0 fully saturated rings. The summed E-state index contributed by atoms with van der Waals surface area (Å²) in [6.07, 6.45) is -0.411. The number of hydrogen-bond donors (Lipinski definition) is 1. The average molecular weight is 390 g/mol. The molecule has 0 bridgehead atoms. The summed E-state index contributed by atoms with van der Waals surface area (Å²) in [6, 6.07) is 11.0. The Labute approximate surface area is 166 Å². The SMILES string of the molecule is CCOC(OCC)c1cc(C(CC(C)C)NC(=O)OCc2ccccc2)no1. The maximum absolute atomic E-state index is 12.3. The first kappa shape index (κ1) is 21.9. The van der Waals surface area contributed by atoms with E-state index in [0.29, 0.717) is 37.0 Å². The maximum atomic E-state index is 12.3. The molecular weight excluding hydrogens is 360 g/mol. The molecule has 1 atom stereocenters. The van der Waals surface area contributed by atoms with E-state index in [2.05, 4.69) is 24.3 Å². The summed E-state index contributed by atoms with van der Waals surface area (Å²) in [4.78, 5) is 12.3. The van der Waals surface area contributed by atoms with Gasteiger partial charge in [-0.15, -0.1) is 0 Å². The summed E-state index contributed by atoms with van der Waals surface area (Å²) in [6.45, 7) is 9.11. The number of rotatable bonds is 11. The van der Waals surface area contributed by atoms with Crippen molar-refractivity contribution < 1.29 is 23.5 Å². The van der Waals surface area contributed by atoms with E-state index in [9.17, 15) is 4.79 Å². The van der Waals surface area contributed by atoms with Crippen LogP contribution in [0, 0.1) is 5.92 Å². The van der Waals surface area contributed by atoms with E-state index in [1.165, 1.54) is 0 Å². The van der Waals surface area contributed by atoms with Crippen LogP contribution in [0.5, 0.6) is 0 Å². The monoisotopic (exact) mass is 390 g/mol. The van der Waals surface area contributed by atoms with Crippen LogP contribution < -0.4 is 5.32 Å². The Balaban J connectivity index is 2.03. The molecular formula is C21H30N2O5. The van der Waals surface area contributed by atoms with Gasteiger partial charge < -0.3 is 24.1 Å². The minimum absolute atomic E-state index is 0.210. The zero-order chi connectivity index (χ0) is 20.4. The van der Waals surface area contributed by atoms with Crippen LogP contribution >= 0.6 is 0 Å². The average Bonchev–Trinajstić information content (AvgIpc) is 3.16. The Hall–Kier alpha value is -2.38. The molecule has 1 unspecified atom stereocenters. The number of benzene rings is 1. The Kier molecular flexibility index (Phi) is 8.97. The van der Waals surface area contributed by atoms with E-state index in [4.69, 9.17) is 18.7 Å². The minimum atomic E-state index is -0.610. The Morgan fingerprint density at radius 3 is 2.43 bits per heavy atom. The fraction of sp³-hybridized carbons (Fsp3) is 0.524. The highest BCUT2D eigenvalue weighted by Crippen LogP contribution is 2.26. The van der Waals surface area contributed by atoms with Gasteiger partial charge in [-0.3, -0.25) is 0 Å². The van der Waals surface area contributed by atoms with E-state index in [0.717, 1.165) is 5.56 Å². The predicted octanol–water partition coefficient (Wildman–Crippen LogP) is 4.76. The number of nitrogens with zero attached hydrogens (tertiary/aromatic N) is 1. The quantitative estimate of drug-likeness (QED) is 0.557. The van der Waals surface area contributed by atoms with Gasteiger partial charge >= 0.3 is 6.09 Å². The molecule has 2 aromatic rings. The molecule has 2 rings (SSSR count). The fourth-order valence-electron chi connectivity index (χ4n) is 2.73. The van der Waals surface area contributed by atoms with Crippen molar-refractivity contribution in [2.75, 3.05) is 13.2 Å². The number of hydrogen-bond acceptors (Lipinski definition) is 6. The summed E-state index contributed by atoms with van der Waals surface area (Å²) >= 11 is 0. The lowest BCUT2D eigenvalue weighted by atomic mass is 10.0. The third kappa shape index (κ3) is 6.98. The lowest BCUT2D eigenvalue weighted by Crippen LogP contribution is -2.30. The largest absolute Gasteiger partial charge is 0.445 e. The Bertz CT molecular complexity index is 696. The van der Waals surface area contributed by atoms with Crippen molar-refractivity contribution in [3.8, 4) is 0 Å². The highest BCUT2D eigenvalue weighted by molar-refractivity contribution is 5.67. The van der Waals surface area contributed by atoms with Crippen LogP contribution in [-0.4, -0.2) is 24.5 Å². The minimum Gasteiger partial charge on any atom is -0.445 e. The summed E-state index contributed by atoms with van der Waals surface area (Å²) in [5, 5.41) is 7.01. The highest BCUT2D eigenvalue weighted by Gasteiger charge is 2.24. The van der Waals surface area contributed by atoms with E-state index in [-0.39, 0.29) is 12.6 Å². The second-order valence-electron chi connectivity index (χ2n) is 6.78. The maximum Gasteiger partial charge on any atom is 0.408 e. The molecule has 0 saturated carbocycles. The first-order chi connectivity index (χ1) is 13.5. The van der Waals surface area contributed by atoms with Gasteiger partial charge in [-0.2, -0.15) is 0 Å². The van der Waals surface area contributed by atoms with E-state index in [1.807, 2.05) is 44.2 Å². The molecule has 7 nitrogen and oxygen atoms in total. The Morgan fingerprint density at radius 2 is 1.82 bits per heavy atom. The van der Waals surface area contributed by atoms with Crippen molar-refractivity contribution in [1.82, 2.24) is 10.5 Å². The van der Waals surface area contributed by atoms with Gasteiger partial charge in [0.15, 0.2) is 5.76 Å². The van der Waals surface area contributed by atoms with E-state index < -0.39 is 12.4 Å². The van der Waals surface area contributed by atoms with Crippen molar-refractivity contribution in [1.29, 1.82) is 0 Å². The molecule has 0 aliphatic rings. The third-order valence-electron chi connectivity index (χ3n) is 3.98. The van der Waals surface area contributed by atoms with E-state index in [1.54, 1.807) is 6.07 Å². The van der Waals surface area contributed by atoms with Gasteiger partial charge in [0.1, 0.15) is 12.3 Å². The molecule has 7 heteroatoms. The molecule has 1 amide bonds. The van der Waals surface area contributed by atoms with Crippen LogP contribution in [0.4, 0.5) is 4.79 Å². The summed E-state index contributed by atoms with van der Waals surface area (Å²) < 4.78 is 21.8. The number of alkyl carbamates (subject to hydrolysis) is 1. The summed E-state index contributed by atoms with van der Waals surface area (Å²) in [5.74, 6) is 0.820. The number of carbonyl (C=O) groups excluding carboxylic acids is 1. The van der Waals surface area contributed by atoms with Crippen molar-refractivity contribution in [3.63, 3.8) is 0 Å². The van der Waals surface area contributed by atoms with Crippen LogP contribution in [0.15, 0.2) is 40.9 Å². The number of carbonyl (C=O) groups is 1. The van der Waals surface area contributed by atoms with Gasteiger partial charge in [0.05, 0.1) is 6.04 Å². The predicted molar refractivity (Wildman–Crippen MR) is 104 cm³/mol. The van der Waals surface area contributed by atoms with Crippen molar-refractivity contribution in [2.24, 2.45) is 5.92 Å². The molecule has 0 spiro atoms. The first-order valence-electron chi connectivity index (χ1n) is 9.70. The Morgan fingerprint density at radius 1 is 1.14 bits per heavy atom. The van der Waals surface area contributed by atoms with Crippen molar-refractivity contribution in [3.05, 3.63) is 53.4 Å². The standard InChI is InChI=1S/C21H30N2O5/c1-5-25-20(26-6-2)19-13-18(23-28-19)17(12-15(3)4)22-21(24)27-14-16-10-8-7-9-11-16/h7-11,13,15,17,20H,5-6,12,14H2,1-4H3,(H,22,24). The molecule has 0 radical (unpaired) electrons. The number of ether oxygens (including phenoxy) is 3. The molecule has 1 heterocycles. The van der Waals surface area contributed by atoms with Gasteiger partial charge in [-0.25, -0.2) is 4.79 Å². The zero-order valence-corrected chi connectivity index (χ0v) is 17.0. The highest BCUT2D eigenvalue weighted by atomic mass is 16.7. The first-order valence-corrected chi connectivity index (χ1v) is 9.70. The van der Waals surface area contributed by atoms with Crippen LogP contribution in [0.3, 0.4) is 0 Å². The van der Waals surface area contributed by atoms with Crippen molar-refractivity contribution >= 4 is 6.09 Å². The molecule has 1 aromatic carbocycles. The molecule has 1 aromatic heterocycles. The second-order valence-corrected chi connectivity index (χ2v) is 6.78. The third-order valence-corrected chi connectivity index (χ3v) is 3.98. The molecule has 0 saturated heterocycles. The molecule has 0 aliphatic heterocycles. The van der Waals surface area contributed by atoms with Crippen LogP contribution in [0.2, 0.25) is 0 Å². The van der Waals surface area contributed by atoms with E-state index >= 15 is 0 Å². The number of aromatic nitrogens is 1. The van der Waals surface area contributed by atoms with Gasteiger partial charge in [-0.05, 0) is 31.7 Å². The lowest BCUT2D eigenvalue weighted by molar-refractivity contribution is -0.152. The molecule has 1 N–H and O–H groups in total. The topological polar surface area (TPSA) is 82.8 Å². The second kappa shape index (κ2) is 11.5. The van der Waals surface area contributed by atoms with Gasteiger partial charge in [0.25, 0.3) is 0 Å². The fourth-order valence-corrected chi connectivity index (χ4v) is 2.73. The zero-order valence-electron chi connectivity index (χ0n) is 17.0. The smallest absolute Gasteiger partial charge is 0.408 e. The molecule has 28 heavy (non-hydrogen) atoms. The van der Waals surface area contributed by atoms with Crippen molar-refractivity contribution in [2.45, 2.75) is 53.1 Å².